The second-order valence-electron chi connectivity index (χ2n) is 14.5. The van der Waals surface area contributed by atoms with Crippen molar-refractivity contribution in [2.45, 2.75) is 6.92 Å². The van der Waals surface area contributed by atoms with Crippen molar-refractivity contribution in [3.05, 3.63) is 198 Å². The van der Waals surface area contributed by atoms with Crippen LogP contribution >= 0.6 is 11.3 Å². The molecule has 0 saturated heterocycles. The number of hydrogen-bond acceptors (Lipinski definition) is 3. The average molecular weight is 710 g/mol. The van der Waals surface area contributed by atoms with Crippen molar-refractivity contribution in [2.75, 3.05) is 4.90 Å². The van der Waals surface area contributed by atoms with Crippen LogP contribution in [0, 0.1) is 11.8 Å². The van der Waals surface area contributed by atoms with Crippen molar-refractivity contribution in [3.8, 4) is 11.1 Å². The SMILES string of the molecule is CC1C(c2ccc(-c3cccc(N(c4ccc5c(c4)oc4ccccc45)c4ccc5c(c4)sc4ccccc45)c3)cc2)=c2ccccc2=C2C=CC=CC21. The molecule has 2 heterocycles. The van der Waals surface area contributed by atoms with Gasteiger partial charge in [-0.2, -0.15) is 0 Å². The van der Waals surface area contributed by atoms with Crippen molar-refractivity contribution in [3.63, 3.8) is 0 Å². The van der Waals surface area contributed by atoms with Gasteiger partial charge >= 0.3 is 0 Å². The van der Waals surface area contributed by atoms with E-state index in [1.54, 1.807) is 0 Å². The maximum Gasteiger partial charge on any atom is 0.137 e. The van der Waals surface area contributed by atoms with Crippen LogP contribution in [0.5, 0.6) is 0 Å². The fraction of sp³-hybridized carbons (Fsp3) is 0.0588. The molecule has 0 aliphatic heterocycles. The smallest absolute Gasteiger partial charge is 0.137 e. The van der Waals surface area contributed by atoms with E-state index in [9.17, 15) is 0 Å². The minimum atomic E-state index is 0.376. The molecule has 9 aromatic rings. The highest BCUT2D eigenvalue weighted by Crippen LogP contribution is 2.43. The molecular weight excluding hydrogens is 675 g/mol. The van der Waals surface area contributed by atoms with Crippen LogP contribution in [0.4, 0.5) is 17.1 Å². The molecule has 0 saturated carbocycles. The first kappa shape index (κ1) is 31.1. The summed E-state index contributed by atoms with van der Waals surface area (Å²) < 4.78 is 8.98. The number of anilines is 3. The lowest BCUT2D eigenvalue weighted by molar-refractivity contribution is 0.632. The predicted octanol–water partition coefficient (Wildman–Crippen LogP) is 12.8. The lowest BCUT2D eigenvalue weighted by Gasteiger charge is -2.31. The zero-order valence-electron chi connectivity index (χ0n) is 29.7. The van der Waals surface area contributed by atoms with Gasteiger partial charge in [0.25, 0.3) is 0 Å². The lowest BCUT2D eigenvalue weighted by Crippen LogP contribution is -2.39. The average Bonchev–Trinajstić information content (AvgIpc) is 3.79. The van der Waals surface area contributed by atoms with Gasteiger partial charge < -0.3 is 9.32 Å². The molecule has 256 valence electrons. The van der Waals surface area contributed by atoms with E-state index in [1.165, 1.54) is 58.4 Å². The highest BCUT2D eigenvalue weighted by molar-refractivity contribution is 7.25. The molecule has 54 heavy (non-hydrogen) atoms. The second-order valence-corrected chi connectivity index (χ2v) is 15.6. The van der Waals surface area contributed by atoms with Gasteiger partial charge in [0, 0.05) is 60.0 Å². The first-order chi connectivity index (χ1) is 26.7. The minimum absolute atomic E-state index is 0.376. The Bertz CT molecular complexity index is 3030. The molecule has 0 N–H and O–H groups in total. The van der Waals surface area contributed by atoms with Crippen LogP contribution < -0.4 is 15.3 Å². The zero-order valence-corrected chi connectivity index (χ0v) is 30.6. The monoisotopic (exact) mass is 709 g/mol. The largest absolute Gasteiger partial charge is 0.456 e. The maximum atomic E-state index is 6.40. The molecular formula is C51H35NOS. The third kappa shape index (κ3) is 4.93. The second kappa shape index (κ2) is 12.3. The normalized spacial score (nSPS) is 16.4. The first-order valence-corrected chi connectivity index (χ1v) is 19.5. The van der Waals surface area contributed by atoms with Crippen molar-refractivity contribution in [1.82, 2.24) is 0 Å². The number of allylic oxidation sites excluding steroid dienone is 4. The molecule has 0 spiro atoms. The van der Waals surface area contributed by atoms with Crippen molar-refractivity contribution >= 4 is 81.7 Å². The zero-order chi connectivity index (χ0) is 35.8. The van der Waals surface area contributed by atoms with Crippen molar-refractivity contribution in [2.24, 2.45) is 11.8 Å². The van der Waals surface area contributed by atoms with Gasteiger partial charge in [0.15, 0.2) is 0 Å². The van der Waals surface area contributed by atoms with Crippen LogP contribution in [0.25, 0.3) is 64.4 Å². The van der Waals surface area contributed by atoms with Gasteiger partial charge in [-0.05, 0) is 92.7 Å². The molecule has 2 aromatic heterocycles. The molecule has 2 aliphatic rings. The summed E-state index contributed by atoms with van der Waals surface area (Å²) in [5, 5.41) is 7.55. The summed E-state index contributed by atoms with van der Waals surface area (Å²) >= 11 is 1.85. The number of hydrogen-bond donors (Lipinski definition) is 0. The van der Waals surface area contributed by atoms with Gasteiger partial charge in [-0.1, -0.05) is 134 Å². The van der Waals surface area contributed by atoms with Crippen LogP contribution in [0.15, 0.2) is 186 Å². The van der Waals surface area contributed by atoms with E-state index in [-0.39, 0.29) is 0 Å². The summed E-state index contributed by atoms with van der Waals surface area (Å²) in [7, 11) is 0. The number of rotatable bonds is 5. The Morgan fingerprint density at radius 2 is 1.19 bits per heavy atom. The molecule has 7 aromatic carbocycles. The summed E-state index contributed by atoms with van der Waals surface area (Å²) in [6.45, 7) is 2.38. The summed E-state index contributed by atoms with van der Waals surface area (Å²) in [5.74, 6) is 0.758. The van der Waals surface area contributed by atoms with E-state index in [4.69, 9.17) is 4.42 Å². The fourth-order valence-electron chi connectivity index (χ4n) is 8.90. The Balaban J connectivity index is 1.03. The highest BCUT2D eigenvalue weighted by atomic mass is 32.1. The Hall–Kier alpha value is -6.42. The molecule has 0 radical (unpaired) electrons. The molecule has 2 unspecified atom stereocenters. The van der Waals surface area contributed by atoms with Gasteiger partial charge in [0.2, 0.25) is 0 Å². The van der Waals surface area contributed by atoms with Crippen LogP contribution in [-0.4, -0.2) is 0 Å². The summed E-state index contributed by atoms with van der Waals surface area (Å²) in [6.07, 6.45) is 9.03. The summed E-state index contributed by atoms with van der Waals surface area (Å²) in [6, 6.07) is 57.5. The Morgan fingerprint density at radius 1 is 0.500 bits per heavy atom. The number of thiophene rings is 1. The molecule has 0 fully saturated rings. The van der Waals surface area contributed by atoms with Crippen LogP contribution in [0.3, 0.4) is 0 Å². The summed E-state index contributed by atoms with van der Waals surface area (Å²) in [5.41, 5.74) is 11.5. The molecule has 2 aliphatic carbocycles. The number of nitrogens with zero attached hydrogens (tertiary/aromatic N) is 1. The van der Waals surface area contributed by atoms with E-state index in [1.807, 2.05) is 23.5 Å². The minimum Gasteiger partial charge on any atom is -0.456 e. The molecule has 0 amide bonds. The van der Waals surface area contributed by atoms with Gasteiger partial charge in [-0.15, -0.1) is 11.3 Å². The van der Waals surface area contributed by atoms with Gasteiger partial charge in [0.1, 0.15) is 11.2 Å². The molecule has 3 heteroatoms. The summed E-state index contributed by atoms with van der Waals surface area (Å²) in [4.78, 5) is 2.37. The Kier molecular flexibility index (Phi) is 7.11. The first-order valence-electron chi connectivity index (χ1n) is 18.7. The van der Waals surface area contributed by atoms with E-state index >= 15 is 0 Å². The molecule has 0 bridgehead atoms. The lowest BCUT2D eigenvalue weighted by atomic mass is 9.73. The van der Waals surface area contributed by atoms with Gasteiger partial charge in [0.05, 0.1) is 0 Å². The number of benzene rings is 7. The number of furan rings is 1. The number of fused-ring (bicyclic) bond motifs is 8. The van der Waals surface area contributed by atoms with E-state index in [2.05, 4.69) is 182 Å². The fourth-order valence-corrected chi connectivity index (χ4v) is 10.0. The van der Waals surface area contributed by atoms with E-state index in [0.717, 1.165) is 39.0 Å². The molecule has 11 rings (SSSR count). The topological polar surface area (TPSA) is 16.4 Å². The van der Waals surface area contributed by atoms with Gasteiger partial charge in [-0.3, -0.25) is 0 Å². The third-order valence-electron chi connectivity index (χ3n) is 11.5. The van der Waals surface area contributed by atoms with Crippen LogP contribution in [-0.2, 0) is 0 Å². The van der Waals surface area contributed by atoms with Crippen molar-refractivity contribution in [1.29, 1.82) is 0 Å². The molecule has 2 atom stereocenters. The van der Waals surface area contributed by atoms with Gasteiger partial charge in [-0.25, -0.2) is 0 Å². The molecule has 2 nitrogen and oxygen atoms in total. The maximum absolute atomic E-state index is 6.40. The van der Waals surface area contributed by atoms with E-state index in [0.29, 0.717) is 11.8 Å². The third-order valence-corrected chi connectivity index (χ3v) is 12.6. The van der Waals surface area contributed by atoms with Crippen LogP contribution in [0.2, 0.25) is 0 Å². The van der Waals surface area contributed by atoms with E-state index < -0.39 is 0 Å². The van der Waals surface area contributed by atoms with Crippen LogP contribution in [0.1, 0.15) is 12.5 Å². The number of para-hydroxylation sites is 1. The predicted molar refractivity (Wildman–Crippen MR) is 229 cm³/mol. The Morgan fingerprint density at radius 3 is 2.07 bits per heavy atom. The standard InChI is InChI=1S/C51H35NOS/c1-32-39-13-2-3-14-40(39)41-15-4-5-18-46(41)51(32)34-23-21-33(22-24-34)35-11-10-12-36(29-35)52(37-25-27-43-42-16-6-8-19-47(42)53-48(43)30-37)38-26-28-45-44-17-7-9-20-49(44)54-50(45)31-38/h2-32,39H,1H3. The van der Waals surface area contributed by atoms with Crippen molar-refractivity contribution < 1.29 is 4.42 Å². The Labute approximate surface area is 317 Å². The quantitative estimate of drug-likeness (QED) is 0.177. The highest BCUT2D eigenvalue weighted by Gasteiger charge is 2.28.